The number of carbonyl (C=O) groups is 2. The monoisotopic (exact) mass is 942 g/mol. The zero-order valence-electron chi connectivity index (χ0n) is 41.3. The number of esters is 1. The molecule has 2 aromatic heterocycles. The van der Waals surface area contributed by atoms with Crippen LogP contribution in [-0.2, 0) is 19.0 Å². The second-order valence-electron chi connectivity index (χ2n) is 20.7. The van der Waals surface area contributed by atoms with E-state index in [2.05, 4.69) is 62.8 Å². The molecule has 1 amide bonds. The lowest BCUT2D eigenvalue weighted by atomic mass is 9.95. The zero-order chi connectivity index (χ0) is 48.6. The molecule has 13 nitrogen and oxygen atoms in total. The van der Waals surface area contributed by atoms with Crippen molar-refractivity contribution < 1.29 is 42.1 Å². The van der Waals surface area contributed by atoms with Crippen molar-refractivity contribution in [1.82, 2.24) is 24.8 Å². The van der Waals surface area contributed by atoms with Crippen molar-refractivity contribution >= 4 is 47.6 Å². The second-order valence-corrected chi connectivity index (χ2v) is 26.3. The molecule has 2 saturated heterocycles. The summed E-state index contributed by atoms with van der Waals surface area (Å²) in [5.74, 6) is 2.63. The van der Waals surface area contributed by atoms with Crippen molar-refractivity contribution in [3.63, 3.8) is 0 Å². The minimum atomic E-state index is -2.33. The number of hydrogen-bond acceptors (Lipinski definition) is 12. The topological polar surface area (TPSA) is 129 Å². The Morgan fingerprint density at radius 3 is 2.24 bits per heavy atom. The number of amides is 1. The van der Waals surface area contributed by atoms with Gasteiger partial charge in [-0.1, -0.05) is 53.5 Å². The van der Waals surface area contributed by atoms with Gasteiger partial charge in [-0.25, -0.2) is 13.6 Å². The molecule has 3 fully saturated rings. The van der Waals surface area contributed by atoms with Gasteiger partial charge in [-0.05, 0) is 93.7 Å². The Morgan fingerprint density at radius 2 is 1.64 bits per heavy atom. The number of ether oxygens (including phenoxy) is 5. The summed E-state index contributed by atoms with van der Waals surface area (Å²) in [5.41, 5.74) is 4.11. The average molecular weight is 943 g/mol. The van der Waals surface area contributed by atoms with E-state index in [1.165, 1.54) is 20.3 Å². The first-order valence-corrected chi connectivity index (χ1v) is 25.9. The Hall–Kier alpha value is -5.11. The lowest BCUT2D eigenvalue weighted by Crippen LogP contribution is -2.57. The Bertz CT molecular complexity index is 2520. The number of piperazine rings is 1. The Labute approximate surface area is 395 Å². The van der Waals surface area contributed by atoms with Crippen molar-refractivity contribution in [3.05, 3.63) is 47.7 Å². The molecule has 2 bridgehead atoms. The summed E-state index contributed by atoms with van der Waals surface area (Å²) in [6.45, 7) is 21.1. The fraction of sp³-hybridized carbons (Fsp3) is 0.588. The van der Waals surface area contributed by atoms with E-state index in [0.717, 1.165) is 25.7 Å². The molecule has 1 saturated carbocycles. The number of fused-ring (bicyclic) bond motifs is 4. The first-order valence-electron chi connectivity index (χ1n) is 23.6. The molecule has 0 N–H and O–H groups in total. The largest absolute Gasteiger partial charge is 0.469 e. The average Bonchev–Trinajstić information content (AvgIpc) is 3.98. The molecule has 1 aliphatic carbocycles. The molecular weight excluding hydrogens is 875 g/mol. The summed E-state index contributed by atoms with van der Waals surface area (Å²) in [5, 5.41) is 1.37. The fourth-order valence-corrected chi connectivity index (χ4v) is 15.7. The number of anilines is 1. The maximum Gasteiger partial charge on any atom is 0.410 e. The molecule has 2 atom stereocenters. The number of pyridine rings is 1. The summed E-state index contributed by atoms with van der Waals surface area (Å²) in [6.07, 6.45) is 4.85. The van der Waals surface area contributed by atoms with E-state index in [1.54, 1.807) is 24.4 Å². The van der Waals surface area contributed by atoms with Crippen LogP contribution in [0.2, 0.25) is 16.6 Å². The van der Waals surface area contributed by atoms with Crippen LogP contribution in [0.25, 0.3) is 32.9 Å². The number of rotatable bonds is 16. The van der Waals surface area contributed by atoms with Gasteiger partial charge < -0.3 is 33.5 Å². The van der Waals surface area contributed by atoms with E-state index < -0.39 is 25.3 Å². The van der Waals surface area contributed by atoms with Gasteiger partial charge in [0.1, 0.15) is 42.3 Å². The van der Waals surface area contributed by atoms with E-state index in [-0.39, 0.29) is 77.7 Å². The number of benzene rings is 2. The lowest BCUT2D eigenvalue weighted by Gasteiger charge is -2.42. The van der Waals surface area contributed by atoms with Crippen molar-refractivity contribution in [2.45, 2.75) is 129 Å². The van der Waals surface area contributed by atoms with Crippen LogP contribution in [0, 0.1) is 28.5 Å². The first-order chi connectivity index (χ1) is 31.7. The van der Waals surface area contributed by atoms with Crippen LogP contribution >= 0.6 is 0 Å². The molecule has 67 heavy (non-hydrogen) atoms. The summed E-state index contributed by atoms with van der Waals surface area (Å²) >= 11 is 0. The molecule has 362 valence electrons. The van der Waals surface area contributed by atoms with Gasteiger partial charge in [0, 0.05) is 55.9 Å². The quantitative estimate of drug-likeness (QED) is 0.0459. The minimum Gasteiger partial charge on any atom is -0.469 e. The van der Waals surface area contributed by atoms with E-state index in [9.17, 15) is 9.59 Å². The number of carbonyl (C=O) groups excluding carboxylic acids is 2. The van der Waals surface area contributed by atoms with Crippen LogP contribution in [0.3, 0.4) is 0 Å². The third-order valence-corrected chi connectivity index (χ3v) is 20.2. The highest BCUT2D eigenvalue weighted by Gasteiger charge is 2.47. The number of aromatic nitrogens is 3. The van der Waals surface area contributed by atoms with Crippen molar-refractivity contribution in [2.24, 2.45) is 5.41 Å². The van der Waals surface area contributed by atoms with E-state index >= 15 is 8.78 Å². The predicted molar refractivity (Wildman–Crippen MR) is 259 cm³/mol. The Morgan fingerprint density at radius 1 is 0.970 bits per heavy atom. The number of methoxy groups -OCH3 is 2. The van der Waals surface area contributed by atoms with Crippen LogP contribution in [0.5, 0.6) is 11.8 Å². The van der Waals surface area contributed by atoms with Gasteiger partial charge >= 0.3 is 18.1 Å². The van der Waals surface area contributed by atoms with E-state index in [4.69, 9.17) is 38.6 Å². The van der Waals surface area contributed by atoms with Gasteiger partial charge in [0.15, 0.2) is 12.6 Å². The molecule has 0 radical (unpaired) electrons. The van der Waals surface area contributed by atoms with Crippen LogP contribution in [0.15, 0.2) is 30.5 Å². The third-order valence-electron chi connectivity index (χ3n) is 13.9. The van der Waals surface area contributed by atoms with Gasteiger partial charge in [-0.2, -0.15) is 9.97 Å². The molecule has 2 aromatic carbocycles. The number of halogens is 2. The smallest absolute Gasteiger partial charge is 0.410 e. The normalized spacial score (nSPS) is 18.0. The van der Waals surface area contributed by atoms with Crippen LogP contribution < -0.4 is 14.4 Å². The van der Waals surface area contributed by atoms with Gasteiger partial charge in [0.2, 0.25) is 0 Å². The van der Waals surface area contributed by atoms with Crippen molar-refractivity contribution in [3.8, 4) is 34.5 Å². The molecule has 4 heterocycles. The Balaban J connectivity index is 1.36. The number of nitrogens with zero attached hydrogens (tertiary/aromatic N) is 6. The number of hydrogen-bond donors (Lipinski definition) is 0. The summed E-state index contributed by atoms with van der Waals surface area (Å²) in [6, 6.07) is 6.16. The molecule has 3 aliphatic rings. The minimum absolute atomic E-state index is 0.000879. The Kier molecular flexibility index (Phi) is 14.7. The fourth-order valence-electron chi connectivity index (χ4n) is 10.5. The predicted octanol–water partition coefficient (Wildman–Crippen LogP) is 9.92. The molecule has 7 rings (SSSR count). The van der Waals surface area contributed by atoms with Crippen LogP contribution in [0.1, 0.15) is 100.0 Å². The zero-order valence-corrected chi connectivity index (χ0v) is 42.3. The van der Waals surface area contributed by atoms with Gasteiger partial charge in [-0.3, -0.25) is 14.7 Å². The molecular formula is C51H68F2N6O7Si. The van der Waals surface area contributed by atoms with Gasteiger partial charge in [0.25, 0.3) is 0 Å². The first kappa shape index (κ1) is 49.8. The molecule has 16 heteroatoms. The summed E-state index contributed by atoms with van der Waals surface area (Å²) in [4.78, 5) is 45.9. The highest BCUT2D eigenvalue weighted by Crippen LogP contribution is 2.47. The van der Waals surface area contributed by atoms with Crippen molar-refractivity contribution in [2.75, 3.05) is 65.7 Å². The van der Waals surface area contributed by atoms with E-state index in [1.807, 2.05) is 32.7 Å². The molecule has 4 aromatic rings. The third kappa shape index (κ3) is 10.5. The van der Waals surface area contributed by atoms with Gasteiger partial charge in [-0.15, -0.1) is 5.54 Å². The summed E-state index contributed by atoms with van der Waals surface area (Å²) in [7, 11) is 2.52. The van der Waals surface area contributed by atoms with Crippen molar-refractivity contribution in [1.29, 1.82) is 0 Å². The van der Waals surface area contributed by atoms with Crippen LogP contribution in [-0.4, -0.2) is 123 Å². The standard InChI is InChI=1S/C51H68F2N6O7Si/c1-31(2)67(32(3)4,33(5)6)22-18-38-41(52)16-13-34-23-37(65-30-62-11)24-39(43(34)38)45-44(53)46-40(25-54-45)47(58-26-35-14-15-36(27-58)59(35)49(61)66-50(7,8)9)56-48(55-46)64-29-51(19-20-51)28-57(10)21-17-42(60)63-12/h13,16,23-25,31-33,35-36H,14-15,17,19-21,26-30H2,1-12H3. The SMILES string of the molecule is COCOc1cc(-c2ncc3c(N4CC5CCC(C4)N5C(=O)OC(C)(C)C)nc(OCC4(CN(C)CCC(=O)OC)CC4)nc3c2F)c2c(C#C[Si](C(C)C)(C(C)C)C(C)C)c(F)ccc2c1. The van der Waals surface area contributed by atoms with Crippen LogP contribution in [0.4, 0.5) is 19.4 Å². The second kappa shape index (κ2) is 19.8. The van der Waals surface area contributed by atoms with Gasteiger partial charge in [0.05, 0.1) is 43.2 Å². The van der Waals surface area contributed by atoms with E-state index in [0.29, 0.717) is 70.5 Å². The molecule has 0 spiro atoms. The molecule has 2 unspecified atom stereocenters. The maximum atomic E-state index is 17.9. The summed E-state index contributed by atoms with van der Waals surface area (Å²) < 4.78 is 62.6. The highest BCUT2D eigenvalue weighted by atomic mass is 28.3. The highest BCUT2D eigenvalue weighted by molar-refractivity contribution is 6.90. The maximum absolute atomic E-state index is 17.9. The lowest BCUT2D eigenvalue weighted by molar-refractivity contribution is -0.141. The molecule has 2 aliphatic heterocycles.